The van der Waals surface area contributed by atoms with Gasteiger partial charge in [0.05, 0.1) is 0 Å². The molecule has 1 amide bonds. The van der Waals surface area contributed by atoms with Crippen molar-refractivity contribution in [1.82, 2.24) is 10.2 Å². The summed E-state index contributed by atoms with van der Waals surface area (Å²) in [7, 11) is 3.66. The Labute approximate surface area is 108 Å². The average molecular weight is 252 g/mol. The average Bonchev–Trinajstić information content (AvgIpc) is 2.18. The Morgan fingerprint density at radius 2 is 1.72 bits per heavy atom. The summed E-state index contributed by atoms with van der Waals surface area (Å²) < 4.78 is 12.9. The van der Waals surface area contributed by atoms with E-state index in [9.17, 15) is 9.18 Å². The first kappa shape index (κ1) is 14.6. The Morgan fingerprint density at radius 3 is 2.11 bits per heavy atom. The second-order valence-corrected chi connectivity index (χ2v) is 5.66. The normalized spacial score (nSPS) is 13.5. The molecule has 1 rings (SSSR count). The van der Waals surface area contributed by atoms with Crippen molar-refractivity contribution in [2.75, 3.05) is 14.1 Å². The highest BCUT2D eigenvalue weighted by Crippen LogP contribution is 2.19. The molecule has 0 aliphatic rings. The fourth-order valence-electron chi connectivity index (χ4n) is 1.77. The van der Waals surface area contributed by atoms with Crippen LogP contribution < -0.4 is 5.32 Å². The van der Waals surface area contributed by atoms with Gasteiger partial charge in [0.25, 0.3) is 0 Å². The number of carbonyl (C=O) groups excluding carboxylic acids is 1. The third kappa shape index (κ3) is 4.11. The predicted octanol–water partition coefficient (Wildman–Crippen LogP) is 2.34. The van der Waals surface area contributed by atoms with Crippen LogP contribution in [-0.4, -0.2) is 30.4 Å². The van der Waals surface area contributed by atoms with E-state index in [4.69, 9.17) is 0 Å². The van der Waals surface area contributed by atoms with Gasteiger partial charge in [-0.15, -0.1) is 0 Å². The van der Waals surface area contributed by atoms with Gasteiger partial charge < -0.3 is 5.32 Å². The number of hydrogen-bond acceptors (Lipinski definition) is 2. The number of amides is 1. The van der Waals surface area contributed by atoms with Gasteiger partial charge in [-0.05, 0) is 52.6 Å². The number of halogens is 1. The van der Waals surface area contributed by atoms with Gasteiger partial charge in [-0.25, -0.2) is 4.39 Å². The molecule has 3 nitrogen and oxygen atoms in total. The molecule has 0 spiro atoms. The molecule has 1 atom stereocenters. The summed E-state index contributed by atoms with van der Waals surface area (Å²) in [5, 5.41) is 2.94. The van der Waals surface area contributed by atoms with E-state index in [2.05, 4.69) is 5.32 Å². The first-order valence-corrected chi connectivity index (χ1v) is 5.94. The second kappa shape index (κ2) is 5.48. The molecule has 0 fully saturated rings. The zero-order valence-corrected chi connectivity index (χ0v) is 11.6. The van der Waals surface area contributed by atoms with Crippen molar-refractivity contribution in [3.63, 3.8) is 0 Å². The zero-order chi connectivity index (χ0) is 13.9. The van der Waals surface area contributed by atoms with Gasteiger partial charge in [0.2, 0.25) is 5.91 Å². The Morgan fingerprint density at radius 1 is 1.22 bits per heavy atom. The molecule has 18 heavy (non-hydrogen) atoms. The summed E-state index contributed by atoms with van der Waals surface area (Å²) in [4.78, 5) is 14.1. The lowest BCUT2D eigenvalue weighted by Crippen LogP contribution is -2.46. The van der Waals surface area contributed by atoms with E-state index in [-0.39, 0.29) is 17.3 Å². The highest BCUT2D eigenvalue weighted by molar-refractivity contribution is 5.83. The summed E-state index contributed by atoms with van der Waals surface area (Å²) in [6.45, 7) is 5.80. The van der Waals surface area contributed by atoms with E-state index in [0.29, 0.717) is 0 Å². The van der Waals surface area contributed by atoms with Crippen molar-refractivity contribution < 1.29 is 9.18 Å². The highest BCUT2D eigenvalue weighted by Gasteiger charge is 2.26. The highest BCUT2D eigenvalue weighted by atomic mass is 19.1. The van der Waals surface area contributed by atoms with Crippen LogP contribution in [0.2, 0.25) is 0 Å². The van der Waals surface area contributed by atoms with Crippen molar-refractivity contribution in [2.45, 2.75) is 32.4 Å². The topological polar surface area (TPSA) is 32.3 Å². The lowest BCUT2D eigenvalue weighted by atomic mass is 10.0. The van der Waals surface area contributed by atoms with Crippen LogP contribution in [0.4, 0.5) is 4.39 Å². The number of carbonyl (C=O) groups is 1. The molecule has 0 saturated heterocycles. The van der Waals surface area contributed by atoms with Crippen molar-refractivity contribution in [3.8, 4) is 0 Å². The van der Waals surface area contributed by atoms with E-state index in [1.165, 1.54) is 12.1 Å². The molecule has 0 heterocycles. The van der Waals surface area contributed by atoms with Crippen molar-refractivity contribution in [3.05, 3.63) is 35.6 Å². The third-order valence-corrected chi connectivity index (χ3v) is 2.45. The molecule has 1 N–H and O–H groups in total. The molecule has 0 saturated carbocycles. The molecule has 4 heteroatoms. The number of hydrogen-bond donors (Lipinski definition) is 1. The molecule has 0 radical (unpaired) electrons. The molecule has 0 aliphatic heterocycles. The molecule has 0 bridgehead atoms. The molecule has 0 aliphatic carbocycles. The van der Waals surface area contributed by atoms with Gasteiger partial charge in [0, 0.05) is 5.54 Å². The van der Waals surface area contributed by atoms with Crippen LogP contribution in [0.25, 0.3) is 0 Å². The molecular weight excluding hydrogens is 231 g/mol. The van der Waals surface area contributed by atoms with E-state index in [1.807, 2.05) is 39.8 Å². The number of nitrogens with zero attached hydrogens (tertiary/aromatic N) is 1. The quantitative estimate of drug-likeness (QED) is 0.895. The maximum absolute atomic E-state index is 12.9. The van der Waals surface area contributed by atoms with Gasteiger partial charge in [-0.3, -0.25) is 9.69 Å². The van der Waals surface area contributed by atoms with Crippen LogP contribution in [-0.2, 0) is 4.79 Å². The molecular formula is C14H21FN2O. The molecule has 0 unspecified atom stereocenters. The van der Waals surface area contributed by atoms with Crippen molar-refractivity contribution in [1.29, 1.82) is 0 Å². The van der Waals surface area contributed by atoms with Gasteiger partial charge in [0.15, 0.2) is 0 Å². The molecule has 0 aromatic heterocycles. The second-order valence-electron chi connectivity index (χ2n) is 5.66. The SMILES string of the molecule is CN(C)[C@@H](C(=O)NC(C)(C)C)c1ccc(F)cc1. The maximum Gasteiger partial charge on any atom is 0.242 e. The minimum atomic E-state index is -0.412. The smallest absolute Gasteiger partial charge is 0.242 e. The lowest BCUT2D eigenvalue weighted by molar-refractivity contribution is -0.127. The number of nitrogens with one attached hydrogen (secondary N) is 1. The van der Waals surface area contributed by atoms with Gasteiger partial charge in [-0.1, -0.05) is 12.1 Å². The number of rotatable bonds is 3. The standard InChI is InChI=1S/C14H21FN2O/c1-14(2,3)16-13(18)12(17(4)5)10-6-8-11(15)9-7-10/h6-9,12H,1-5H3,(H,16,18)/t12-/m1/s1. The van der Waals surface area contributed by atoms with E-state index in [1.54, 1.807) is 12.1 Å². The first-order chi connectivity index (χ1) is 8.20. The summed E-state index contributed by atoms with van der Waals surface area (Å²) >= 11 is 0. The summed E-state index contributed by atoms with van der Waals surface area (Å²) in [6, 6.07) is 5.61. The minimum absolute atomic E-state index is 0.0842. The first-order valence-electron chi connectivity index (χ1n) is 5.94. The number of benzene rings is 1. The summed E-state index contributed by atoms with van der Waals surface area (Å²) in [5.41, 5.74) is 0.494. The Hall–Kier alpha value is -1.42. The van der Waals surface area contributed by atoms with Crippen LogP contribution in [0.5, 0.6) is 0 Å². The lowest BCUT2D eigenvalue weighted by Gasteiger charge is -2.28. The zero-order valence-electron chi connectivity index (χ0n) is 11.6. The van der Waals surface area contributed by atoms with E-state index in [0.717, 1.165) is 5.56 Å². The predicted molar refractivity (Wildman–Crippen MR) is 70.7 cm³/mol. The Balaban J connectivity index is 2.96. The molecule has 1 aromatic rings. The van der Waals surface area contributed by atoms with Crippen LogP contribution in [0.1, 0.15) is 32.4 Å². The largest absolute Gasteiger partial charge is 0.350 e. The van der Waals surface area contributed by atoms with Gasteiger partial charge in [-0.2, -0.15) is 0 Å². The van der Waals surface area contributed by atoms with Crippen molar-refractivity contribution >= 4 is 5.91 Å². The van der Waals surface area contributed by atoms with Crippen molar-refractivity contribution in [2.24, 2.45) is 0 Å². The van der Waals surface area contributed by atoms with E-state index < -0.39 is 6.04 Å². The van der Waals surface area contributed by atoms with E-state index >= 15 is 0 Å². The van der Waals surface area contributed by atoms with Crippen LogP contribution in [0.3, 0.4) is 0 Å². The van der Waals surface area contributed by atoms with Crippen LogP contribution in [0, 0.1) is 5.82 Å². The number of likely N-dealkylation sites (N-methyl/N-ethyl adjacent to an activating group) is 1. The maximum atomic E-state index is 12.9. The van der Waals surface area contributed by atoms with Gasteiger partial charge >= 0.3 is 0 Å². The van der Waals surface area contributed by atoms with Crippen LogP contribution >= 0.6 is 0 Å². The fraction of sp³-hybridized carbons (Fsp3) is 0.500. The Kier molecular flexibility index (Phi) is 4.46. The summed E-state index contributed by atoms with van der Waals surface area (Å²) in [6.07, 6.45) is 0. The third-order valence-electron chi connectivity index (χ3n) is 2.45. The monoisotopic (exact) mass is 252 g/mol. The molecule has 1 aromatic carbocycles. The van der Waals surface area contributed by atoms with Crippen LogP contribution in [0.15, 0.2) is 24.3 Å². The minimum Gasteiger partial charge on any atom is -0.350 e. The molecule has 100 valence electrons. The van der Waals surface area contributed by atoms with Gasteiger partial charge in [0.1, 0.15) is 11.9 Å². The summed E-state index contributed by atoms with van der Waals surface area (Å²) in [5.74, 6) is -0.383. The Bertz CT molecular complexity index is 407. The fourth-order valence-corrected chi connectivity index (χ4v) is 1.77.